The lowest BCUT2D eigenvalue weighted by molar-refractivity contribution is -0.146. The molecule has 3 aliphatic carbocycles. The Hall–Kier alpha value is -3.50. The van der Waals surface area contributed by atoms with E-state index >= 15 is 0 Å². The van der Waals surface area contributed by atoms with Gasteiger partial charge in [-0.25, -0.2) is 4.98 Å². The molecule has 3 amide bonds. The SMILES string of the molecule is CCC[C@H](NC(=O)[C@@H]1[C@@H](C2CCCCC2)CCN1C(=O)[C@@H](NC(=O)[C@@H](CC(=O)c1cnccn1)C1CCCCC1)C(C)(C)C)C(=O)C(=O)CC1CC1. The quantitative estimate of drug-likeness (QED) is 0.161. The van der Waals surface area contributed by atoms with E-state index in [-0.39, 0.29) is 65.7 Å². The van der Waals surface area contributed by atoms with Crippen molar-refractivity contribution >= 4 is 35.1 Å². The first-order valence-corrected chi connectivity index (χ1v) is 20.2. The Morgan fingerprint density at radius 2 is 1.54 bits per heavy atom. The van der Waals surface area contributed by atoms with Gasteiger partial charge in [0.2, 0.25) is 29.3 Å². The van der Waals surface area contributed by atoms with Gasteiger partial charge in [-0.2, -0.15) is 0 Å². The van der Waals surface area contributed by atoms with Gasteiger partial charge in [-0.1, -0.05) is 85.5 Å². The van der Waals surface area contributed by atoms with E-state index in [1.165, 1.54) is 18.6 Å². The molecule has 1 aromatic rings. The molecule has 1 aliphatic heterocycles. The first-order valence-electron chi connectivity index (χ1n) is 20.2. The predicted molar refractivity (Wildman–Crippen MR) is 197 cm³/mol. The molecule has 5 atom stereocenters. The van der Waals surface area contributed by atoms with Crippen molar-refractivity contribution in [2.24, 2.45) is 35.0 Å². The second-order valence-electron chi connectivity index (χ2n) is 17.1. The third-order valence-corrected chi connectivity index (χ3v) is 12.1. The largest absolute Gasteiger partial charge is 0.344 e. The summed E-state index contributed by atoms with van der Waals surface area (Å²) in [6.45, 7) is 8.00. The second kappa shape index (κ2) is 18.0. The van der Waals surface area contributed by atoms with Crippen molar-refractivity contribution in [1.82, 2.24) is 25.5 Å². The van der Waals surface area contributed by atoms with Crippen LogP contribution in [0.3, 0.4) is 0 Å². The number of aromatic nitrogens is 2. The number of hydrogen-bond donors (Lipinski definition) is 2. The lowest BCUT2D eigenvalue weighted by atomic mass is 9.76. The van der Waals surface area contributed by atoms with Crippen LogP contribution >= 0.6 is 0 Å². The highest BCUT2D eigenvalue weighted by Gasteiger charge is 2.49. The minimum absolute atomic E-state index is 0.00162. The molecule has 52 heavy (non-hydrogen) atoms. The van der Waals surface area contributed by atoms with Crippen LogP contribution in [0.15, 0.2) is 18.6 Å². The number of amides is 3. The number of carbonyl (C=O) groups excluding carboxylic acids is 6. The molecule has 11 heteroatoms. The first-order chi connectivity index (χ1) is 24.9. The van der Waals surface area contributed by atoms with Crippen molar-refractivity contribution in [1.29, 1.82) is 0 Å². The van der Waals surface area contributed by atoms with Crippen molar-refractivity contribution in [3.8, 4) is 0 Å². The van der Waals surface area contributed by atoms with Crippen LogP contribution in [0.5, 0.6) is 0 Å². The van der Waals surface area contributed by atoms with Crippen LogP contribution in [0.4, 0.5) is 0 Å². The van der Waals surface area contributed by atoms with Crippen LogP contribution in [-0.4, -0.2) is 74.6 Å². The average molecular weight is 720 g/mol. The van der Waals surface area contributed by atoms with Crippen LogP contribution in [0, 0.1) is 35.0 Å². The topological polar surface area (TPSA) is 156 Å². The molecule has 0 unspecified atom stereocenters. The average Bonchev–Trinajstić information content (AvgIpc) is 3.85. The summed E-state index contributed by atoms with van der Waals surface area (Å²) >= 11 is 0. The molecular formula is C41H61N5O6. The van der Waals surface area contributed by atoms with E-state index in [0.29, 0.717) is 25.8 Å². The van der Waals surface area contributed by atoms with E-state index in [2.05, 4.69) is 20.6 Å². The van der Waals surface area contributed by atoms with E-state index in [1.807, 2.05) is 27.7 Å². The molecule has 2 heterocycles. The number of ketones is 3. The van der Waals surface area contributed by atoms with Gasteiger partial charge in [0.05, 0.1) is 12.2 Å². The summed E-state index contributed by atoms with van der Waals surface area (Å²) in [6, 6.07) is -2.68. The summed E-state index contributed by atoms with van der Waals surface area (Å²) in [5, 5.41) is 6.08. The fourth-order valence-electron chi connectivity index (χ4n) is 8.97. The molecule has 0 radical (unpaired) electrons. The van der Waals surface area contributed by atoms with Crippen molar-refractivity contribution in [2.75, 3.05) is 6.54 Å². The third kappa shape index (κ3) is 10.1. The molecule has 1 saturated heterocycles. The van der Waals surface area contributed by atoms with E-state index in [9.17, 15) is 28.8 Å². The lowest BCUT2D eigenvalue weighted by Gasteiger charge is -2.39. The van der Waals surface area contributed by atoms with E-state index < -0.39 is 41.0 Å². The molecule has 286 valence electrons. The van der Waals surface area contributed by atoms with Gasteiger partial charge in [0, 0.05) is 37.7 Å². The standard InChI is InChI=1S/C41H61N5O6/c1-5-12-31(36(49)34(48)23-26-17-18-26)44-39(51)35-29(27-13-8-6-9-14-27)19-22-46(35)40(52)37(41(2,3)4)45-38(50)30(28-15-10-7-11-16-28)24-33(47)32-25-42-20-21-43-32/h20-21,25-31,35,37H,5-19,22-24H2,1-4H3,(H,44,51)(H,45,50)/t29-,30+,31+,35+,37-/m1/s1. The molecule has 3 saturated carbocycles. The number of Topliss-reactive ketones (excluding diaryl/α,β-unsaturated/α-hetero) is 3. The Bertz CT molecular complexity index is 1430. The number of carbonyl (C=O) groups is 6. The Morgan fingerprint density at radius 1 is 0.865 bits per heavy atom. The molecule has 5 rings (SSSR count). The third-order valence-electron chi connectivity index (χ3n) is 12.1. The highest BCUT2D eigenvalue weighted by Crippen LogP contribution is 2.41. The maximum absolute atomic E-state index is 14.8. The van der Waals surface area contributed by atoms with Gasteiger partial charge < -0.3 is 15.5 Å². The lowest BCUT2D eigenvalue weighted by Crippen LogP contribution is -2.60. The molecule has 0 bridgehead atoms. The summed E-state index contributed by atoms with van der Waals surface area (Å²) in [6.07, 6.45) is 18.1. The van der Waals surface area contributed by atoms with Gasteiger partial charge in [-0.05, 0) is 67.6 Å². The molecular weight excluding hydrogens is 658 g/mol. The fraction of sp³-hybridized carbons (Fsp3) is 0.756. The van der Waals surface area contributed by atoms with Gasteiger partial charge in [-0.3, -0.25) is 33.8 Å². The monoisotopic (exact) mass is 719 g/mol. The maximum atomic E-state index is 14.8. The van der Waals surface area contributed by atoms with E-state index in [4.69, 9.17) is 0 Å². The highest BCUT2D eigenvalue weighted by atomic mass is 16.2. The fourth-order valence-corrected chi connectivity index (χ4v) is 8.97. The van der Waals surface area contributed by atoms with E-state index in [1.54, 1.807) is 4.90 Å². The van der Waals surface area contributed by atoms with Crippen LogP contribution < -0.4 is 10.6 Å². The van der Waals surface area contributed by atoms with Crippen molar-refractivity contribution in [3.63, 3.8) is 0 Å². The number of likely N-dealkylation sites (tertiary alicyclic amines) is 1. The van der Waals surface area contributed by atoms with Gasteiger partial charge in [0.15, 0.2) is 5.78 Å². The van der Waals surface area contributed by atoms with Crippen LogP contribution in [0.25, 0.3) is 0 Å². The van der Waals surface area contributed by atoms with Crippen molar-refractivity contribution in [2.45, 2.75) is 155 Å². The van der Waals surface area contributed by atoms with Crippen molar-refractivity contribution in [3.05, 3.63) is 24.3 Å². The summed E-state index contributed by atoms with van der Waals surface area (Å²) < 4.78 is 0. The van der Waals surface area contributed by atoms with Crippen LogP contribution in [0.1, 0.15) is 147 Å². The smallest absolute Gasteiger partial charge is 0.246 e. The number of nitrogens with zero attached hydrogens (tertiary/aromatic N) is 3. The molecule has 0 spiro atoms. The minimum Gasteiger partial charge on any atom is -0.344 e. The zero-order valence-corrected chi connectivity index (χ0v) is 31.9. The Labute approximate surface area is 309 Å². The molecule has 0 aromatic carbocycles. The normalized spacial score (nSPS) is 23.3. The summed E-state index contributed by atoms with van der Waals surface area (Å²) in [5.41, 5.74) is -0.494. The summed E-state index contributed by atoms with van der Waals surface area (Å²) in [5.74, 6) is -2.45. The zero-order chi connectivity index (χ0) is 37.4. The number of hydrogen-bond acceptors (Lipinski definition) is 8. The van der Waals surface area contributed by atoms with Gasteiger partial charge in [0.25, 0.3) is 0 Å². The summed E-state index contributed by atoms with van der Waals surface area (Å²) in [4.78, 5) is 93.0. The van der Waals surface area contributed by atoms with Gasteiger partial charge in [-0.15, -0.1) is 0 Å². The minimum atomic E-state index is -0.952. The summed E-state index contributed by atoms with van der Waals surface area (Å²) in [7, 11) is 0. The molecule has 4 aliphatic rings. The van der Waals surface area contributed by atoms with Crippen LogP contribution in [-0.2, 0) is 24.0 Å². The molecule has 2 N–H and O–H groups in total. The predicted octanol–water partition coefficient (Wildman–Crippen LogP) is 5.80. The van der Waals surface area contributed by atoms with Crippen LogP contribution in [0.2, 0.25) is 0 Å². The Balaban J connectivity index is 1.39. The molecule has 11 nitrogen and oxygen atoms in total. The Kier molecular flexibility index (Phi) is 13.8. The Morgan fingerprint density at radius 3 is 2.13 bits per heavy atom. The van der Waals surface area contributed by atoms with Gasteiger partial charge >= 0.3 is 0 Å². The highest BCUT2D eigenvalue weighted by molar-refractivity contribution is 6.39. The zero-order valence-electron chi connectivity index (χ0n) is 31.9. The first kappa shape index (κ1) is 39.7. The van der Waals surface area contributed by atoms with Gasteiger partial charge in [0.1, 0.15) is 17.8 Å². The number of nitrogens with one attached hydrogen (secondary N) is 2. The number of rotatable bonds is 16. The molecule has 4 fully saturated rings. The van der Waals surface area contributed by atoms with Crippen molar-refractivity contribution < 1.29 is 28.8 Å². The van der Waals surface area contributed by atoms with E-state index in [0.717, 1.165) is 77.0 Å². The molecule has 1 aromatic heterocycles. The maximum Gasteiger partial charge on any atom is 0.246 e. The second-order valence-corrected chi connectivity index (χ2v) is 17.1.